The highest BCUT2D eigenvalue weighted by atomic mass is 16.6. The Balaban J connectivity index is 1.78. The molecule has 5 unspecified atom stereocenters. The highest BCUT2D eigenvalue weighted by molar-refractivity contribution is 6.26. The molecule has 80 heavy (non-hydrogen) atoms. The van der Waals surface area contributed by atoms with Gasteiger partial charge in [0.15, 0.2) is 0 Å². The van der Waals surface area contributed by atoms with Gasteiger partial charge in [0.2, 0.25) is 11.8 Å². The summed E-state index contributed by atoms with van der Waals surface area (Å²) in [6.07, 6.45) is 7.52. The molecule has 2 aliphatic carbocycles. The van der Waals surface area contributed by atoms with Crippen LogP contribution in [0.15, 0.2) is 21.8 Å². The number of carbonyl (C=O) groups is 5. The first kappa shape index (κ1) is 66.5. The van der Waals surface area contributed by atoms with Crippen molar-refractivity contribution in [3.8, 4) is 0 Å². The third-order valence-electron chi connectivity index (χ3n) is 19.5. The number of aliphatic imine (C=N–C) groups is 1. The standard InChI is InChI=1S/C67H110N4O9/c1-24-66(25-2,26-3)60(75)70-56-52(58(73)79-54-43(62(12,13)14)31-40(10)32-44(54)63(15,16)17)50(38(6)7)47(68-56)35-48-51(39(8)9)53(59(74)80-55-45(64(18,19)20)33-41(11)34-46(55)65(21,22)23)57(69-48)71-61(76)67(27-4,28-5)30-29-49(72)78-37-42-36-77-42/h35,38-46,54-55,68H,24-34,36-37H2,1-23H3,(H,70,75)(H,69,71,76). The van der Waals surface area contributed by atoms with Crippen LogP contribution in [-0.2, 0) is 38.1 Å². The van der Waals surface area contributed by atoms with E-state index in [2.05, 4.69) is 113 Å². The van der Waals surface area contributed by atoms with Gasteiger partial charge in [-0.1, -0.05) is 159 Å². The Morgan fingerprint density at radius 2 is 1.06 bits per heavy atom. The minimum absolute atomic E-state index is 0.0296. The summed E-state index contributed by atoms with van der Waals surface area (Å²) in [5.74, 6) is -1.10. The number of H-pyrrole nitrogens is 1. The summed E-state index contributed by atoms with van der Waals surface area (Å²) in [5.41, 5.74) is 0.234. The molecule has 13 heteroatoms. The van der Waals surface area contributed by atoms with E-state index in [1.54, 1.807) is 0 Å². The molecule has 0 aromatic carbocycles. The molecule has 3 heterocycles. The predicted molar refractivity (Wildman–Crippen MR) is 323 cm³/mol. The molecule has 2 amide bonds. The number of nitrogens with one attached hydrogen (secondary N) is 3. The van der Waals surface area contributed by atoms with Crippen LogP contribution in [0.5, 0.6) is 0 Å². The molecular formula is C67H110N4O9. The van der Waals surface area contributed by atoms with Gasteiger partial charge in [-0.15, -0.1) is 0 Å². The van der Waals surface area contributed by atoms with Crippen LogP contribution in [0.2, 0.25) is 0 Å². The molecule has 5 atom stereocenters. The van der Waals surface area contributed by atoms with Crippen molar-refractivity contribution in [1.29, 1.82) is 0 Å². The van der Waals surface area contributed by atoms with Gasteiger partial charge in [-0.2, -0.15) is 0 Å². The second-order valence-electron chi connectivity index (χ2n) is 29.9. The van der Waals surface area contributed by atoms with Crippen LogP contribution in [0.3, 0.4) is 0 Å². The van der Waals surface area contributed by atoms with Crippen molar-refractivity contribution in [2.45, 2.75) is 254 Å². The lowest BCUT2D eigenvalue weighted by molar-refractivity contribution is -0.164. The Kier molecular flexibility index (Phi) is 21.4. The van der Waals surface area contributed by atoms with E-state index >= 15 is 14.4 Å². The number of hydrogen-bond donors (Lipinski definition) is 3. The maximum Gasteiger partial charge on any atom is 0.342 e. The number of hydrogen-bond acceptors (Lipinski definition) is 10. The fourth-order valence-corrected chi connectivity index (χ4v) is 13.8. The number of carbonyl (C=O) groups excluding carboxylic acids is 5. The monoisotopic (exact) mass is 1110 g/mol. The quantitative estimate of drug-likeness (QED) is 0.0651. The summed E-state index contributed by atoms with van der Waals surface area (Å²) in [6.45, 7) is 50.1. The molecule has 3 N–H and O–H groups in total. The van der Waals surface area contributed by atoms with Gasteiger partial charge >= 0.3 is 17.9 Å². The number of epoxide rings is 1. The fourth-order valence-electron chi connectivity index (χ4n) is 13.8. The van der Waals surface area contributed by atoms with Crippen molar-refractivity contribution >= 4 is 47.5 Å². The van der Waals surface area contributed by atoms with Gasteiger partial charge in [0.25, 0.3) is 0 Å². The van der Waals surface area contributed by atoms with Gasteiger partial charge in [0.05, 0.1) is 12.3 Å². The molecule has 0 radical (unpaired) electrons. The molecule has 0 bridgehead atoms. The van der Waals surface area contributed by atoms with E-state index in [0.29, 0.717) is 73.1 Å². The summed E-state index contributed by atoms with van der Waals surface area (Å²) in [7, 11) is 0. The molecule has 5 rings (SSSR count). The lowest BCUT2D eigenvalue weighted by atomic mass is 9.59. The van der Waals surface area contributed by atoms with Gasteiger partial charge < -0.3 is 34.6 Å². The van der Waals surface area contributed by atoms with Gasteiger partial charge in [-0.3, -0.25) is 14.4 Å². The Morgan fingerprint density at radius 1 is 0.637 bits per heavy atom. The molecule has 1 saturated heterocycles. The van der Waals surface area contributed by atoms with Crippen LogP contribution in [-0.4, -0.2) is 72.1 Å². The normalized spacial score (nSPS) is 25.7. The van der Waals surface area contributed by atoms with E-state index in [4.69, 9.17) is 23.9 Å². The highest BCUT2D eigenvalue weighted by Crippen LogP contribution is 2.52. The SMILES string of the molecule is CCC(CC)(CCC(=O)OCC1CO1)C(=O)NC1=NC(=Cc2[nH]c(NC(=O)C(CC)(CC)CC)c(C(=O)OC3C(C(C)(C)C)CC(C)CC3C(C)(C)C)c2C(C)C)C(C(C)C)=C1C(=O)OC1C(C(C)(C)C)CC(C)CC1C(C)(C)C. The van der Waals surface area contributed by atoms with E-state index in [0.717, 1.165) is 25.7 Å². The zero-order valence-corrected chi connectivity index (χ0v) is 54.2. The minimum Gasteiger partial charge on any atom is -0.463 e. The van der Waals surface area contributed by atoms with Crippen molar-refractivity contribution in [3.05, 3.63) is 33.7 Å². The number of aromatic nitrogens is 1. The van der Waals surface area contributed by atoms with Crippen molar-refractivity contribution in [2.75, 3.05) is 18.5 Å². The number of rotatable bonds is 20. The molecule has 1 aromatic rings. The number of esters is 3. The van der Waals surface area contributed by atoms with Crippen LogP contribution in [0.4, 0.5) is 5.82 Å². The average Bonchev–Trinajstić information content (AvgIpc) is 4.06. The van der Waals surface area contributed by atoms with E-state index in [-0.39, 0.29) is 123 Å². The lowest BCUT2D eigenvalue weighted by Crippen LogP contribution is -2.50. The summed E-state index contributed by atoms with van der Waals surface area (Å²) in [5, 5.41) is 6.43. The van der Waals surface area contributed by atoms with E-state index in [1.807, 2.05) is 68.4 Å². The first-order chi connectivity index (χ1) is 36.9. The van der Waals surface area contributed by atoms with Crippen molar-refractivity contribution in [3.63, 3.8) is 0 Å². The molecule has 13 nitrogen and oxygen atoms in total. The molecule has 2 saturated carbocycles. The summed E-state index contributed by atoms with van der Waals surface area (Å²) in [6, 6.07) is 0. The van der Waals surface area contributed by atoms with Crippen LogP contribution in [0.1, 0.15) is 257 Å². The number of anilines is 1. The summed E-state index contributed by atoms with van der Waals surface area (Å²) < 4.78 is 24.7. The third-order valence-corrected chi connectivity index (χ3v) is 19.5. The topological polar surface area (TPSA) is 178 Å². The maximum absolute atomic E-state index is 15.7. The highest BCUT2D eigenvalue weighted by Gasteiger charge is 2.51. The molecule has 0 spiro atoms. The van der Waals surface area contributed by atoms with Gasteiger partial charge in [-0.25, -0.2) is 14.6 Å². The van der Waals surface area contributed by atoms with Crippen molar-refractivity contribution in [2.24, 2.45) is 78.9 Å². The lowest BCUT2D eigenvalue weighted by Gasteiger charge is -2.50. The number of ether oxygens (including phenoxy) is 4. The molecule has 4 aliphatic rings. The predicted octanol–water partition coefficient (Wildman–Crippen LogP) is 15.6. The molecule has 3 fully saturated rings. The Hall–Kier alpha value is -4.26. The Labute approximate surface area is 483 Å². The van der Waals surface area contributed by atoms with Crippen molar-refractivity contribution < 1.29 is 42.9 Å². The van der Waals surface area contributed by atoms with Crippen LogP contribution < -0.4 is 10.6 Å². The Morgan fingerprint density at radius 3 is 1.45 bits per heavy atom. The average molecular weight is 1120 g/mol. The summed E-state index contributed by atoms with van der Waals surface area (Å²) >= 11 is 0. The first-order valence-electron chi connectivity index (χ1n) is 31.1. The van der Waals surface area contributed by atoms with Crippen molar-refractivity contribution in [1.82, 2.24) is 10.3 Å². The molecule has 1 aromatic heterocycles. The van der Waals surface area contributed by atoms with Gasteiger partial charge in [-0.05, 0) is 127 Å². The third kappa shape index (κ3) is 15.1. The van der Waals surface area contributed by atoms with Crippen LogP contribution in [0, 0.1) is 73.9 Å². The van der Waals surface area contributed by atoms with E-state index in [9.17, 15) is 9.59 Å². The largest absolute Gasteiger partial charge is 0.463 e. The molecule has 452 valence electrons. The second kappa shape index (κ2) is 25.7. The minimum atomic E-state index is -1.00. The van der Waals surface area contributed by atoms with Crippen LogP contribution in [0.25, 0.3) is 6.08 Å². The smallest absolute Gasteiger partial charge is 0.342 e. The zero-order chi connectivity index (χ0) is 60.4. The van der Waals surface area contributed by atoms with Crippen LogP contribution >= 0.6 is 0 Å². The zero-order valence-electron chi connectivity index (χ0n) is 54.2. The molecular weight excluding hydrogens is 1000 g/mol. The first-order valence-corrected chi connectivity index (χ1v) is 31.1. The number of amides is 2. The van der Waals surface area contributed by atoms with E-state index in [1.165, 1.54) is 0 Å². The fraction of sp³-hybridized carbons (Fsp3) is 0.791. The molecule has 2 aliphatic heterocycles. The van der Waals surface area contributed by atoms with E-state index < -0.39 is 34.8 Å². The van der Waals surface area contributed by atoms with Gasteiger partial charge in [0.1, 0.15) is 47.7 Å². The number of amidine groups is 1. The number of nitrogens with zero attached hydrogens (tertiary/aromatic N) is 1. The van der Waals surface area contributed by atoms with Gasteiger partial charge in [0, 0.05) is 46.6 Å². The summed E-state index contributed by atoms with van der Waals surface area (Å²) in [4.78, 5) is 82.9. The maximum atomic E-state index is 15.7. The second-order valence-corrected chi connectivity index (χ2v) is 29.9. The Bertz CT molecular complexity index is 2410. The number of aromatic amines is 1. The number of allylic oxidation sites excluding steroid dienone is 1.